The van der Waals surface area contributed by atoms with Crippen LogP contribution < -0.4 is 15.8 Å². The van der Waals surface area contributed by atoms with Crippen LogP contribution in [0, 0.1) is 0 Å². The topological polar surface area (TPSA) is 103 Å². The first-order valence-electron chi connectivity index (χ1n) is 9.83. The minimum Gasteiger partial charge on any atom is -0.495 e. The molecule has 1 atom stereocenters. The molecule has 0 aliphatic rings. The van der Waals surface area contributed by atoms with Crippen LogP contribution in [0.2, 0.25) is 0 Å². The van der Waals surface area contributed by atoms with Crippen molar-refractivity contribution in [3.05, 3.63) is 95.5 Å². The molecule has 3 heterocycles. The highest BCUT2D eigenvalue weighted by Gasteiger charge is 2.27. The van der Waals surface area contributed by atoms with Crippen molar-refractivity contribution in [2.24, 2.45) is 5.73 Å². The molecule has 0 saturated carbocycles. The summed E-state index contributed by atoms with van der Waals surface area (Å²) in [6.07, 6.45) is 6.56. The molecule has 4 aromatic rings. The number of benzene rings is 1. The summed E-state index contributed by atoms with van der Waals surface area (Å²) in [5.41, 5.74) is 9.99. The van der Waals surface area contributed by atoms with Gasteiger partial charge >= 0.3 is 0 Å². The third kappa shape index (κ3) is 4.81. The molecule has 0 amide bonds. The van der Waals surface area contributed by atoms with Gasteiger partial charge in [-0.05, 0) is 29.7 Å². The van der Waals surface area contributed by atoms with Crippen LogP contribution in [0.3, 0.4) is 0 Å². The first-order valence-corrected chi connectivity index (χ1v) is 10.7. The average Bonchev–Trinajstić information content (AvgIpc) is 3.33. The monoisotopic (exact) mass is 443 g/mol. The highest BCUT2D eigenvalue weighted by atomic mass is 32.1. The van der Waals surface area contributed by atoms with Gasteiger partial charge in [0.05, 0.1) is 42.1 Å². The fourth-order valence-electron chi connectivity index (χ4n) is 3.16. The van der Waals surface area contributed by atoms with Crippen molar-refractivity contribution >= 4 is 29.1 Å². The van der Waals surface area contributed by atoms with Gasteiger partial charge in [0.1, 0.15) is 11.8 Å². The number of pyridine rings is 2. The smallest absolute Gasteiger partial charge is 0.194 e. The number of ketones is 1. The Bertz CT molecular complexity index is 1230. The van der Waals surface area contributed by atoms with Crippen molar-refractivity contribution in [3.8, 4) is 17.0 Å². The highest BCUT2D eigenvalue weighted by Crippen LogP contribution is 2.27. The lowest BCUT2D eigenvalue weighted by atomic mass is 9.98. The third-order valence-electron chi connectivity index (χ3n) is 4.74. The molecule has 0 saturated heterocycles. The summed E-state index contributed by atoms with van der Waals surface area (Å²) in [5.74, 6) is 0.362. The van der Waals surface area contributed by atoms with Crippen LogP contribution in [0.5, 0.6) is 5.75 Å². The molecule has 7 nitrogen and oxygen atoms in total. The van der Waals surface area contributed by atoms with Crippen LogP contribution in [0.15, 0.2) is 84.3 Å². The second-order valence-corrected chi connectivity index (χ2v) is 7.53. The summed E-state index contributed by atoms with van der Waals surface area (Å²) in [4.78, 5) is 22.1. The molecule has 8 heteroatoms. The molecule has 0 bridgehead atoms. The number of rotatable bonds is 8. The van der Waals surface area contributed by atoms with Crippen molar-refractivity contribution in [2.45, 2.75) is 6.04 Å². The van der Waals surface area contributed by atoms with Gasteiger partial charge in [0.15, 0.2) is 5.78 Å². The van der Waals surface area contributed by atoms with E-state index >= 15 is 0 Å². The van der Waals surface area contributed by atoms with Crippen LogP contribution in [0.4, 0.5) is 5.69 Å². The maximum Gasteiger partial charge on any atom is 0.194 e. The Labute approximate surface area is 189 Å². The van der Waals surface area contributed by atoms with Crippen LogP contribution >= 0.6 is 11.5 Å². The SMILES string of the molecule is COc1cncc(NC(C(=O)c2csnc2-c2ccccc2)C(N)=Cc2ccccn2)c1. The zero-order valence-electron chi connectivity index (χ0n) is 17.3. The second-order valence-electron chi connectivity index (χ2n) is 6.90. The number of nitrogens with one attached hydrogen (secondary N) is 1. The van der Waals surface area contributed by atoms with Crippen LogP contribution in [-0.4, -0.2) is 33.3 Å². The fraction of sp³-hybridized carbons (Fsp3) is 0.0833. The normalized spacial score (nSPS) is 12.2. The maximum absolute atomic E-state index is 13.7. The lowest BCUT2D eigenvalue weighted by Crippen LogP contribution is -2.35. The molecule has 4 rings (SSSR count). The van der Waals surface area contributed by atoms with Crippen molar-refractivity contribution < 1.29 is 9.53 Å². The lowest BCUT2D eigenvalue weighted by molar-refractivity contribution is 0.0982. The van der Waals surface area contributed by atoms with Crippen molar-refractivity contribution in [1.82, 2.24) is 14.3 Å². The van der Waals surface area contributed by atoms with E-state index < -0.39 is 6.04 Å². The Balaban J connectivity index is 1.73. The Morgan fingerprint density at radius 3 is 2.72 bits per heavy atom. The molecular formula is C24H21N5O2S. The zero-order valence-corrected chi connectivity index (χ0v) is 18.1. The van der Waals surface area contributed by atoms with E-state index in [-0.39, 0.29) is 5.78 Å². The van der Waals surface area contributed by atoms with Crippen LogP contribution in [0.25, 0.3) is 17.3 Å². The highest BCUT2D eigenvalue weighted by molar-refractivity contribution is 7.04. The van der Waals surface area contributed by atoms with Gasteiger partial charge in [-0.3, -0.25) is 14.8 Å². The van der Waals surface area contributed by atoms with Crippen LogP contribution in [-0.2, 0) is 0 Å². The summed E-state index contributed by atoms with van der Waals surface area (Å²) in [6, 6.07) is 16.0. The van der Waals surface area contributed by atoms with Gasteiger partial charge in [-0.15, -0.1) is 0 Å². The average molecular weight is 444 g/mol. The predicted octanol–water partition coefficient (Wildman–Crippen LogP) is 4.27. The number of hydrogen-bond donors (Lipinski definition) is 2. The van der Waals surface area contributed by atoms with Crippen molar-refractivity contribution in [3.63, 3.8) is 0 Å². The van der Waals surface area contributed by atoms with Crippen LogP contribution in [0.1, 0.15) is 16.1 Å². The standard InChI is InChI=1S/C24H21N5O2S/c1-31-19-11-18(13-26-14-19)28-23(21(25)12-17-9-5-6-10-27-17)24(30)20-15-32-29-22(20)16-7-3-2-4-8-16/h2-15,23,28H,25H2,1H3. The minimum absolute atomic E-state index is 0.204. The zero-order chi connectivity index (χ0) is 22.3. The number of carbonyl (C=O) groups is 1. The predicted molar refractivity (Wildman–Crippen MR) is 126 cm³/mol. The number of nitrogens with two attached hydrogens (primary N) is 1. The van der Waals surface area contributed by atoms with E-state index in [1.165, 1.54) is 11.5 Å². The van der Waals surface area contributed by atoms with Gasteiger partial charge in [-0.2, -0.15) is 4.37 Å². The molecule has 0 aliphatic carbocycles. The molecule has 3 aromatic heterocycles. The van der Waals surface area contributed by atoms with Crippen molar-refractivity contribution in [1.29, 1.82) is 0 Å². The fourth-order valence-corrected chi connectivity index (χ4v) is 3.86. The van der Waals surface area contributed by atoms with E-state index in [4.69, 9.17) is 10.5 Å². The maximum atomic E-state index is 13.7. The third-order valence-corrected chi connectivity index (χ3v) is 5.37. The number of carbonyl (C=O) groups excluding carboxylic acids is 1. The minimum atomic E-state index is -0.857. The Morgan fingerprint density at radius 1 is 1.16 bits per heavy atom. The van der Waals surface area contributed by atoms with Gasteiger partial charge in [-0.1, -0.05) is 36.4 Å². The summed E-state index contributed by atoms with van der Waals surface area (Å²) in [6.45, 7) is 0. The molecule has 32 heavy (non-hydrogen) atoms. The number of methoxy groups -OCH3 is 1. The summed E-state index contributed by atoms with van der Waals surface area (Å²) in [5, 5.41) is 4.95. The van der Waals surface area contributed by atoms with E-state index in [1.54, 1.807) is 43.2 Å². The second kappa shape index (κ2) is 9.84. The number of nitrogens with zero attached hydrogens (tertiary/aromatic N) is 3. The molecular weight excluding hydrogens is 422 g/mol. The number of anilines is 1. The first kappa shape index (κ1) is 21.2. The number of ether oxygens (including phenoxy) is 1. The molecule has 0 spiro atoms. The van der Waals surface area contributed by atoms with E-state index in [9.17, 15) is 4.79 Å². The summed E-state index contributed by atoms with van der Waals surface area (Å²) >= 11 is 1.23. The first-order chi connectivity index (χ1) is 15.7. The van der Waals surface area contributed by atoms with Gasteiger partial charge in [0.2, 0.25) is 0 Å². The molecule has 3 N–H and O–H groups in total. The van der Waals surface area contributed by atoms with E-state index in [0.29, 0.717) is 34.1 Å². The lowest BCUT2D eigenvalue weighted by Gasteiger charge is -2.20. The largest absolute Gasteiger partial charge is 0.495 e. The quantitative estimate of drug-likeness (QED) is 0.392. The Kier molecular flexibility index (Phi) is 6.52. The van der Waals surface area contributed by atoms with Gasteiger partial charge in [-0.25, -0.2) is 0 Å². The van der Waals surface area contributed by atoms with E-state index in [0.717, 1.165) is 5.56 Å². The van der Waals surface area contributed by atoms with E-state index in [1.807, 2.05) is 48.5 Å². The molecule has 1 unspecified atom stereocenters. The van der Waals surface area contributed by atoms with Gasteiger partial charge in [0, 0.05) is 28.9 Å². The molecule has 1 aromatic carbocycles. The number of hydrogen-bond acceptors (Lipinski definition) is 8. The molecule has 0 aliphatic heterocycles. The van der Waals surface area contributed by atoms with Gasteiger partial charge in [0.25, 0.3) is 0 Å². The molecule has 0 fully saturated rings. The van der Waals surface area contributed by atoms with Crippen molar-refractivity contribution in [2.75, 3.05) is 12.4 Å². The number of Topliss-reactive ketones (excluding diaryl/α,β-unsaturated/α-hetero) is 1. The van der Waals surface area contributed by atoms with Gasteiger partial charge < -0.3 is 15.8 Å². The number of aromatic nitrogens is 3. The van der Waals surface area contributed by atoms with E-state index in [2.05, 4.69) is 19.7 Å². The summed E-state index contributed by atoms with van der Waals surface area (Å²) < 4.78 is 9.71. The Morgan fingerprint density at radius 2 is 1.97 bits per heavy atom. The Hall–Kier alpha value is -4.04. The molecule has 0 radical (unpaired) electrons. The molecule has 160 valence electrons. The summed E-state index contributed by atoms with van der Waals surface area (Å²) in [7, 11) is 1.56.